The van der Waals surface area contributed by atoms with Gasteiger partial charge < -0.3 is 9.64 Å². The average molecular weight is 196 g/mol. The molecule has 2 unspecified atom stereocenters. The second-order valence-corrected chi connectivity index (χ2v) is 3.56. The summed E-state index contributed by atoms with van der Waals surface area (Å²) >= 11 is 0. The van der Waals surface area contributed by atoms with Crippen LogP contribution in [-0.2, 0) is 9.53 Å². The first kappa shape index (κ1) is 11.0. The smallest absolute Gasteiger partial charge is 0.239 e. The van der Waals surface area contributed by atoms with Crippen LogP contribution in [0.3, 0.4) is 0 Å². The van der Waals surface area contributed by atoms with Crippen LogP contribution in [0.2, 0.25) is 0 Å². The van der Waals surface area contributed by atoms with Crippen molar-refractivity contribution in [3.05, 3.63) is 0 Å². The Labute approximate surface area is 84.4 Å². The maximum absolute atomic E-state index is 11.7. The molecule has 0 bridgehead atoms. The average Bonchev–Trinajstić information content (AvgIpc) is 2.71. The van der Waals surface area contributed by atoms with E-state index < -0.39 is 5.92 Å². The minimum Gasteiger partial charge on any atom is -0.379 e. The highest BCUT2D eigenvalue weighted by Gasteiger charge is 2.28. The van der Waals surface area contributed by atoms with E-state index in [1.54, 1.807) is 11.9 Å². The molecule has 0 aromatic carbocycles. The first-order chi connectivity index (χ1) is 6.70. The van der Waals surface area contributed by atoms with Crippen LogP contribution < -0.4 is 0 Å². The molecule has 0 aromatic heterocycles. The quantitative estimate of drug-likeness (QED) is 0.670. The standard InChI is InChI=1S/C10H16N2O2/c1-3-8(6-11)10(13)12(2)9-4-5-14-7-9/h8-9H,3-5,7H2,1-2H3. The van der Waals surface area contributed by atoms with E-state index >= 15 is 0 Å². The topological polar surface area (TPSA) is 53.3 Å². The van der Waals surface area contributed by atoms with Crippen LogP contribution in [-0.4, -0.2) is 37.1 Å². The van der Waals surface area contributed by atoms with Crippen molar-refractivity contribution in [1.29, 1.82) is 5.26 Å². The number of rotatable bonds is 3. The number of carbonyl (C=O) groups is 1. The van der Waals surface area contributed by atoms with E-state index in [0.29, 0.717) is 19.6 Å². The molecule has 0 aromatic rings. The summed E-state index contributed by atoms with van der Waals surface area (Å²) in [6.45, 7) is 3.17. The third-order valence-electron chi connectivity index (χ3n) is 2.66. The van der Waals surface area contributed by atoms with Gasteiger partial charge in [-0.05, 0) is 12.8 Å². The van der Waals surface area contributed by atoms with Gasteiger partial charge in [0.1, 0.15) is 5.92 Å². The fraction of sp³-hybridized carbons (Fsp3) is 0.800. The van der Waals surface area contributed by atoms with Crippen molar-refractivity contribution < 1.29 is 9.53 Å². The zero-order valence-electron chi connectivity index (χ0n) is 8.69. The van der Waals surface area contributed by atoms with Gasteiger partial charge >= 0.3 is 0 Å². The third-order valence-corrected chi connectivity index (χ3v) is 2.66. The molecule has 0 N–H and O–H groups in total. The number of hydrogen-bond donors (Lipinski definition) is 0. The minimum absolute atomic E-state index is 0.0782. The Morgan fingerprint density at radius 1 is 1.79 bits per heavy atom. The van der Waals surface area contributed by atoms with Crippen molar-refractivity contribution in [2.75, 3.05) is 20.3 Å². The first-order valence-electron chi connectivity index (χ1n) is 4.94. The Hall–Kier alpha value is -1.08. The normalized spacial score (nSPS) is 22.8. The Morgan fingerprint density at radius 3 is 2.93 bits per heavy atom. The van der Waals surface area contributed by atoms with Crippen LogP contribution in [0.25, 0.3) is 0 Å². The molecule has 1 aliphatic rings. The molecule has 0 radical (unpaired) electrons. The lowest BCUT2D eigenvalue weighted by Gasteiger charge is -2.24. The zero-order valence-corrected chi connectivity index (χ0v) is 8.69. The Kier molecular flexibility index (Phi) is 3.90. The maximum atomic E-state index is 11.7. The summed E-state index contributed by atoms with van der Waals surface area (Å²) in [5, 5.41) is 8.76. The first-order valence-corrected chi connectivity index (χ1v) is 4.94. The maximum Gasteiger partial charge on any atom is 0.239 e. The number of amides is 1. The molecule has 4 nitrogen and oxygen atoms in total. The molecule has 1 heterocycles. The molecule has 0 aliphatic carbocycles. The molecule has 0 saturated carbocycles. The predicted octanol–water partition coefficient (Wildman–Crippen LogP) is 0.783. The van der Waals surface area contributed by atoms with Crippen molar-refractivity contribution in [3.8, 4) is 6.07 Å². The molecule has 1 saturated heterocycles. The monoisotopic (exact) mass is 196 g/mol. The largest absolute Gasteiger partial charge is 0.379 e. The summed E-state index contributed by atoms with van der Waals surface area (Å²) < 4.78 is 5.20. The highest BCUT2D eigenvalue weighted by atomic mass is 16.5. The summed E-state index contributed by atoms with van der Waals surface area (Å²) in [6, 6.07) is 2.18. The Balaban J connectivity index is 2.55. The van der Waals surface area contributed by atoms with E-state index in [1.807, 2.05) is 13.0 Å². The predicted molar refractivity (Wildman–Crippen MR) is 51.4 cm³/mol. The lowest BCUT2D eigenvalue weighted by atomic mass is 10.1. The van der Waals surface area contributed by atoms with Gasteiger partial charge in [0, 0.05) is 13.7 Å². The SMILES string of the molecule is CCC(C#N)C(=O)N(C)C1CCOC1. The summed E-state index contributed by atoms with van der Waals surface area (Å²) in [7, 11) is 1.75. The third kappa shape index (κ3) is 2.24. The number of ether oxygens (including phenoxy) is 1. The molecule has 1 fully saturated rings. The van der Waals surface area contributed by atoms with E-state index in [4.69, 9.17) is 10.00 Å². The van der Waals surface area contributed by atoms with Gasteiger partial charge in [0.2, 0.25) is 5.91 Å². The summed E-state index contributed by atoms with van der Waals surface area (Å²) in [4.78, 5) is 13.4. The van der Waals surface area contributed by atoms with Gasteiger partial charge in [-0.25, -0.2) is 0 Å². The van der Waals surface area contributed by atoms with E-state index in [0.717, 1.165) is 6.42 Å². The minimum atomic E-state index is -0.499. The van der Waals surface area contributed by atoms with E-state index in [2.05, 4.69) is 0 Å². The number of hydrogen-bond acceptors (Lipinski definition) is 3. The molecule has 1 aliphatic heterocycles. The van der Waals surface area contributed by atoms with Gasteiger partial charge in [-0.2, -0.15) is 5.26 Å². The van der Waals surface area contributed by atoms with Crippen LogP contribution in [0.1, 0.15) is 19.8 Å². The van der Waals surface area contributed by atoms with E-state index in [9.17, 15) is 4.79 Å². The van der Waals surface area contributed by atoms with Gasteiger partial charge in [0.15, 0.2) is 0 Å². The van der Waals surface area contributed by atoms with Gasteiger partial charge in [-0.15, -0.1) is 0 Å². The second kappa shape index (κ2) is 4.97. The van der Waals surface area contributed by atoms with Gasteiger partial charge in [0.25, 0.3) is 0 Å². The van der Waals surface area contributed by atoms with Crippen LogP contribution in [0.4, 0.5) is 0 Å². The van der Waals surface area contributed by atoms with Crippen molar-refractivity contribution in [2.45, 2.75) is 25.8 Å². The van der Waals surface area contributed by atoms with Gasteiger partial charge in [-0.3, -0.25) is 4.79 Å². The molecule has 14 heavy (non-hydrogen) atoms. The molecule has 0 spiro atoms. The van der Waals surface area contributed by atoms with E-state index in [1.165, 1.54) is 0 Å². The summed E-state index contributed by atoms with van der Waals surface area (Å²) in [6.07, 6.45) is 1.46. The Bertz CT molecular complexity index is 241. The molecule has 2 atom stereocenters. The molecule has 1 rings (SSSR count). The lowest BCUT2D eigenvalue weighted by molar-refractivity contribution is -0.134. The van der Waals surface area contributed by atoms with Crippen molar-refractivity contribution in [3.63, 3.8) is 0 Å². The van der Waals surface area contributed by atoms with Crippen LogP contribution in [0.5, 0.6) is 0 Å². The molecule has 78 valence electrons. The summed E-state index contributed by atoms with van der Waals surface area (Å²) in [5.74, 6) is -0.578. The Morgan fingerprint density at radius 2 is 2.50 bits per heavy atom. The van der Waals surface area contributed by atoms with Crippen molar-refractivity contribution in [1.82, 2.24) is 4.90 Å². The van der Waals surface area contributed by atoms with Crippen LogP contribution in [0, 0.1) is 17.2 Å². The van der Waals surface area contributed by atoms with Gasteiger partial charge in [-0.1, -0.05) is 6.92 Å². The highest BCUT2D eigenvalue weighted by Crippen LogP contribution is 2.14. The van der Waals surface area contributed by atoms with Crippen molar-refractivity contribution in [2.24, 2.45) is 5.92 Å². The second-order valence-electron chi connectivity index (χ2n) is 3.56. The summed E-state index contributed by atoms with van der Waals surface area (Å²) in [5.41, 5.74) is 0. The van der Waals surface area contributed by atoms with E-state index in [-0.39, 0.29) is 11.9 Å². The van der Waals surface area contributed by atoms with Crippen LogP contribution in [0.15, 0.2) is 0 Å². The molecule has 1 amide bonds. The number of nitriles is 1. The fourth-order valence-electron chi connectivity index (χ4n) is 1.57. The number of carbonyl (C=O) groups excluding carboxylic acids is 1. The fourth-order valence-corrected chi connectivity index (χ4v) is 1.57. The van der Waals surface area contributed by atoms with Crippen LogP contribution >= 0.6 is 0 Å². The number of likely N-dealkylation sites (N-methyl/N-ethyl adjacent to an activating group) is 1. The molecule has 4 heteroatoms. The highest BCUT2D eigenvalue weighted by molar-refractivity contribution is 5.81. The van der Waals surface area contributed by atoms with Crippen molar-refractivity contribution >= 4 is 5.91 Å². The zero-order chi connectivity index (χ0) is 10.6. The molecular formula is C10H16N2O2. The molecular weight excluding hydrogens is 180 g/mol. The lowest BCUT2D eigenvalue weighted by Crippen LogP contribution is -2.40. The van der Waals surface area contributed by atoms with Gasteiger partial charge in [0.05, 0.1) is 18.7 Å². The number of nitrogens with zero attached hydrogens (tertiary/aromatic N) is 2.